The van der Waals surface area contributed by atoms with Gasteiger partial charge >= 0.3 is 0 Å². The van der Waals surface area contributed by atoms with Crippen LogP contribution in [0, 0.1) is 18.3 Å². The first-order chi connectivity index (χ1) is 15.6. The summed E-state index contributed by atoms with van der Waals surface area (Å²) in [5.74, 6) is -0.196. The van der Waals surface area contributed by atoms with Crippen molar-refractivity contribution < 1.29 is 14.6 Å². The Bertz CT molecular complexity index is 1290. The molecule has 6 nitrogen and oxygen atoms in total. The molecule has 0 aliphatic carbocycles. The minimum atomic E-state index is -0.961. The van der Waals surface area contributed by atoms with Crippen molar-refractivity contribution in [1.29, 1.82) is 5.26 Å². The summed E-state index contributed by atoms with van der Waals surface area (Å²) in [4.78, 5) is 26.2. The first kappa shape index (κ1) is 24.1. The number of pyridine rings is 1. The van der Waals surface area contributed by atoms with Gasteiger partial charge in [0.05, 0.1) is 12.1 Å². The molecule has 7 heteroatoms. The molecule has 2 aromatic carbocycles. The Balaban J connectivity index is 2.00. The quantitative estimate of drug-likeness (QED) is 0.484. The summed E-state index contributed by atoms with van der Waals surface area (Å²) in [6, 6.07) is 16.1. The van der Waals surface area contributed by atoms with Crippen LogP contribution in [0.5, 0.6) is 11.6 Å². The molecule has 0 aliphatic rings. The molecule has 1 heterocycles. The maximum absolute atomic E-state index is 13.3. The summed E-state index contributed by atoms with van der Waals surface area (Å²) >= 11 is 6.21. The number of carbonyl (C=O) groups excluding carboxylic acids is 1. The molecule has 1 N–H and O–H groups in total. The molecule has 0 saturated carbocycles. The summed E-state index contributed by atoms with van der Waals surface area (Å²) in [5.41, 5.74) is 0.798. The zero-order chi connectivity index (χ0) is 24.3. The number of hydrogen-bond donors (Lipinski definition) is 1. The van der Waals surface area contributed by atoms with Crippen LogP contribution < -0.4 is 10.3 Å². The van der Waals surface area contributed by atoms with Gasteiger partial charge in [0.1, 0.15) is 17.4 Å². The van der Waals surface area contributed by atoms with Crippen molar-refractivity contribution in [1.82, 2.24) is 4.57 Å². The fourth-order valence-corrected chi connectivity index (χ4v) is 3.78. The summed E-state index contributed by atoms with van der Waals surface area (Å²) in [7, 11) is 0. The predicted octanol–water partition coefficient (Wildman–Crippen LogP) is 5.21. The molecule has 0 amide bonds. The molecular formula is C26H25ClN2O4. The van der Waals surface area contributed by atoms with Gasteiger partial charge in [-0.05, 0) is 54.7 Å². The van der Waals surface area contributed by atoms with Gasteiger partial charge < -0.3 is 9.84 Å². The van der Waals surface area contributed by atoms with E-state index in [1.165, 1.54) is 6.92 Å². The lowest BCUT2D eigenvalue weighted by molar-refractivity contribution is 0.0812. The standard InChI is InChI=1S/C26H25ClN2O4/c1-15(2)18-9-11-20(12-10-18)33-17(4)24(30)23-16(3)21(13-28)25(31)29(26(23)32)14-19-7-5-6-8-22(19)27/h5-12,15,17,32H,14H2,1-4H3. The second-order valence-electron chi connectivity index (χ2n) is 8.14. The van der Waals surface area contributed by atoms with E-state index < -0.39 is 23.3 Å². The highest BCUT2D eigenvalue weighted by atomic mass is 35.5. The van der Waals surface area contributed by atoms with Gasteiger partial charge in [-0.3, -0.25) is 14.2 Å². The zero-order valence-corrected chi connectivity index (χ0v) is 19.7. The van der Waals surface area contributed by atoms with Crippen LogP contribution in [0.2, 0.25) is 5.02 Å². The molecule has 1 aromatic heterocycles. The van der Waals surface area contributed by atoms with Crippen LogP contribution in [-0.4, -0.2) is 21.6 Å². The molecule has 3 aromatic rings. The summed E-state index contributed by atoms with van der Waals surface area (Å²) in [6.45, 7) is 7.10. The minimum absolute atomic E-state index is 0.0918. The third-order valence-corrected chi connectivity index (χ3v) is 5.93. The summed E-state index contributed by atoms with van der Waals surface area (Å²) in [5, 5.41) is 20.9. The number of hydrogen-bond acceptors (Lipinski definition) is 5. The van der Waals surface area contributed by atoms with E-state index in [1.54, 1.807) is 43.3 Å². The number of nitrogens with zero attached hydrogens (tertiary/aromatic N) is 2. The monoisotopic (exact) mass is 464 g/mol. The molecule has 33 heavy (non-hydrogen) atoms. The van der Waals surface area contributed by atoms with Crippen molar-refractivity contribution in [2.75, 3.05) is 0 Å². The maximum Gasteiger partial charge on any atom is 0.271 e. The molecule has 0 bridgehead atoms. The van der Waals surface area contributed by atoms with Crippen molar-refractivity contribution in [3.05, 3.63) is 91.7 Å². The van der Waals surface area contributed by atoms with Gasteiger partial charge in [0.15, 0.2) is 6.10 Å². The number of benzene rings is 2. The molecule has 0 saturated heterocycles. The predicted molar refractivity (Wildman–Crippen MR) is 127 cm³/mol. The van der Waals surface area contributed by atoms with Crippen LogP contribution >= 0.6 is 11.6 Å². The molecular weight excluding hydrogens is 440 g/mol. The highest BCUT2D eigenvalue weighted by Gasteiger charge is 2.28. The Hall–Kier alpha value is -3.56. The van der Waals surface area contributed by atoms with Crippen LogP contribution in [0.1, 0.15) is 59.3 Å². The van der Waals surface area contributed by atoms with E-state index in [0.29, 0.717) is 22.3 Å². The highest BCUT2D eigenvalue weighted by molar-refractivity contribution is 6.31. The number of nitriles is 1. The summed E-state index contributed by atoms with van der Waals surface area (Å²) < 4.78 is 6.79. The van der Waals surface area contributed by atoms with E-state index in [-0.39, 0.29) is 23.2 Å². The Labute approximate surface area is 197 Å². The van der Waals surface area contributed by atoms with E-state index in [4.69, 9.17) is 16.3 Å². The Morgan fingerprint density at radius 3 is 2.36 bits per heavy atom. The first-order valence-electron chi connectivity index (χ1n) is 10.6. The number of aromatic nitrogens is 1. The van der Waals surface area contributed by atoms with Gasteiger partial charge in [0.2, 0.25) is 11.7 Å². The maximum atomic E-state index is 13.3. The number of ether oxygens (including phenoxy) is 1. The van der Waals surface area contributed by atoms with Gasteiger partial charge in [-0.15, -0.1) is 0 Å². The number of rotatable bonds is 7. The summed E-state index contributed by atoms with van der Waals surface area (Å²) in [6.07, 6.45) is -0.961. The third-order valence-electron chi connectivity index (χ3n) is 5.56. The molecule has 0 spiro atoms. The molecule has 1 unspecified atom stereocenters. The van der Waals surface area contributed by atoms with Gasteiger partial charge in [-0.25, -0.2) is 0 Å². The fourth-order valence-electron chi connectivity index (χ4n) is 3.58. The van der Waals surface area contributed by atoms with Gasteiger partial charge in [0.25, 0.3) is 5.56 Å². The molecule has 170 valence electrons. The van der Waals surface area contributed by atoms with E-state index in [2.05, 4.69) is 13.8 Å². The van der Waals surface area contributed by atoms with E-state index in [1.807, 2.05) is 18.2 Å². The topological polar surface area (TPSA) is 92.3 Å². The van der Waals surface area contributed by atoms with Crippen molar-refractivity contribution >= 4 is 17.4 Å². The van der Waals surface area contributed by atoms with Crippen molar-refractivity contribution in [2.45, 2.75) is 46.3 Å². The van der Waals surface area contributed by atoms with E-state index >= 15 is 0 Å². The van der Waals surface area contributed by atoms with Crippen LogP contribution in [-0.2, 0) is 6.54 Å². The highest BCUT2D eigenvalue weighted by Crippen LogP contribution is 2.27. The van der Waals surface area contributed by atoms with Gasteiger partial charge in [0, 0.05) is 5.02 Å². The molecule has 3 rings (SSSR count). The van der Waals surface area contributed by atoms with Crippen LogP contribution in [0.25, 0.3) is 0 Å². The normalized spacial score (nSPS) is 11.8. The average molecular weight is 465 g/mol. The second kappa shape index (κ2) is 9.93. The van der Waals surface area contributed by atoms with Crippen LogP contribution in [0.15, 0.2) is 53.3 Å². The van der Waals surface area contributed by atoms with Crippen molar-refractivity contribution in [2.24, 2.45) is 0 Å². The molecule has 0 aliphatic heterocycles. The molecule has 0 radical (unpaired) electrons. The lowest BCUT2D eigenvalue weighted by Gasteiger charge is -2.19. The van der Waals surface area contributed by atoms with Gasteiger partial charge in [-0.1, -0.05) is 55.8 Å². The van der Waals surface area contributed by atoms with Crippen LogP contribution in [0.3, 0.4) is 0 Å². The lowest BCUT2D eigenvalue weighted by Crippen LogP contribution is -2.31. The van der Waals surface area contributed by atoms with Crippen molar-refractivity contribution in [3.8, 4) is 17.7 Å². The number of ketones is 1. The van der Waals surface area contributed by atoms with E-state index in [9.17, 15) is 20.0 Å². The Morgan fingerprint density at radius 1 is 1.15 bits per heavy atom. The SMILES string of the molecule is Cc1c(C(=O)C(C)Oc2ccc(C(C)C)cc2)c(O)n(Cc2ccccc2Cl)c(=O)c1C#N. The zero-order valence-electron chi connectivity index (χ0n) is 18.9. The lowest BCUT2D eigenvalue weighted by atomic mass is 9.99. The number of Topliss-reactive ketones (excluding diaryl/α,β-unsaturated/α-hetero) is 1. The average Bonchev–Trinajstić information content (AvgIpc) is 2.78. The smallest absolute Gasteiger partial charge is 0.271 e. The Kier molecular flexibility index (Phi) is 7.25. The first-order valence-corrected chi connectivity index (χ1v) is 10.9. The van der Waals surface area contributed by atoms with E-state index in [0.717, 1.165) is 10.1 Å². The second-order valence-corrected chi connectivity index (χ2v) is 8.55. The molecule has 0 fully saturated rings. The fraction of sp³-hybridized carbons (Fsp3) is 0.269. The largest absolute Gasteiger partial charge is 0.494 e. The number of halogens is 1. The molecule has 1 atom stereocenters. The third kappa shape index (κ3) is 4.94. The van der Waals surface area contributed by atoms with Crippen LogP contribution in [0.4, 0.5) is 0 Å². The number of aromatic hydroxyl groups is 1. The van der Waals surface area contributed by atoms with Crippen molar-refractivity contribution in [3.63, 3.8) is 0 Å². The Morgan fingerprint density at radius 2 is 1.79 bits per heavy atom. The number of carbonyl (C=O) groups is 1. The minimum Gasteiger partial charge on any atom is -0.494 e. The van der Waals surface area contributed by atoms with Gasteiger partial charge in [-0.2, -0.15) is 5.26 Å².